The van der Waals surface area contributed by atoms with Crippen LogP contribution in [-0.2, 0) is 41.5 Å². The van der Waals surface area contributed by atoms with Gasteiger partial charge in [-0.05, 0) is 57.2 Å². The number of fused-ring (bicyclic) bond motifs is 1. The van der Waals surface area contributed by atoms with Gasteiger partial charge in [0.1, 0.15) is 12.1 Å². The predicted molar refractivity (Wildman–Crippen MR) is 135 cm³/mol. The van der Waals surface area contributed by atoms with Crippen molar-refractivity contribution in [1.29, 1.82) is 0 Å². The number of ether oxygens (including phenoxy) is 2. The largest absolute Gasteiger partial charge is 0.460 e. The van der Waals surface area contributed by atoms with Crippen LogP contribution in [0, 0.1) is 5.92 Å². The second kappa shape index (κ2) is 12.3. The summed E-state index contributed by atoms with van der Waals surface area (Å²) in [6, 6.07) is 17.0. The Morgan fingerprint density at radius 2 is 1.67 bits per heavy atom. The molecular weight excluding hydrogens is 460 g/mol. The first-order valence-corrected chi connectivity index (χ1v) is 12.2. The lowest BCUT2D eigenvalue weighted by Gasteiger charge is -2.29. The second-order valence-corrected chi connectivity index (χ2v) is 9.83. The molecule has 8 nitrogen and oxygen atoms in total. The summed E-state index contributed by atoms with van der Waals surface area (Å²) in [6.07, 6.45) is 1.93. The summed E-state index contributed by atoms with van der Waals surface area (Å²) in [7, 11) is 0. The van der Waals surface area contributed by atoms with Gasteiger partial charge < -0.3 is 19.7 Å². The third-order valence-electron chi connectivity index (χ3n) is 5.70. The Morgan fingerprint density at radius 1 is 0.972 bits per heavy atom. The molecule has 0 spiro atoms. The molecule has 2 amide bonds. The van der Waals surface area contributed by atoms with Gasteiger partial charge in [-0.1, -0.05) is 48.5 Å². The number of rotatable bonds is 9. The van der Waals surface area contributed by atoms with Gasteiger partial charge in [-0.2, -0.15) is 0 Å². The zero-order valence-electron chi connectivity index (χ0n) is 21.1. The van der Waals surface area contributed by atoms with Gasteiger partial charge >= 0.3 is 11.9 Å². The van der Waals surface area contributed by atoms with Crippen molar-refractivity contribution in [3.63, 3.8) is 0 Å². The number of nitrogens with one attached hydrogen (secondary N) is 1. The fourth-order valence-corrected chi connectivity index (χ4v) is 4.11. The van der Waals surface area contributed by atoms with Crippen molar-refractivity contribution in [3.8, 4) is 0 Å². The lowest BCUT2D eigenvalue weighted by Crippen LogP contribution is -2.40. The molecule has 0 saturated carbocycles. The Balaban J connectivity index is 1.52. The van der Waals surface area contributed by atoms with E-state index in [2.05, 4.69) is 5.32 Å². The quantitative estimate of drug-likeness (QED) is 0.537. The number of benzene rings is 2. The summed E-state index contributed by atoms with van der Waals surface area (Å²) in [6.45, 7) is 5.04. The van der Waals surface area contributed by atoms with Crippen LogP contribution in [0.3, 0.4) is 0 Å². The topological polar surface area (TPSA) is 102 Å². The van der Waals surface area contributed by atoms with Crippen molar-refractivity contribution in [1.82, 2.24) is 5.32 Å². The average Bonchev–Trinajstić information content (AvgIpc) is 2.84. The van der Waals surface area contributed by atoms with E-state index in [-0.39, 0.29) is 12.3 Å². The number of nitrogens with zero attached hydrogens (tertiary/aromatic N) is 1. The molecule has 0 bridgehead atoms. The molecule has 1 heterocycles. The Kier molecular flexibility index (Phi) is 9.22. The van der Waals surface area contributed by atoms with Gasteiger partial charge in [-0.15, -0.1) is 0 Å². The molecule has 1 atom stereocenters. The maximum Gasteiger partial charge on any atom is 0.325 e. The monoisotopic (exact) mass is 494 g/mol. The van der Waals surface area contributed by atoms with Crippen LogP contribution in [0.5, 0.6) is 0 Å². The Bertz CT molecular complexity index is 1080. The Hall–Kier alpha value is -3.68. The number of aryl methyl sites for hydroxylation is 1. The minimum absolute atomic E-state index is 0.125. The molecule has 8 heteroatoms. The van der Waals surface area contributed by atoms with E-state index in [9.17, 15) is 19.2 Å². The number of para-hydroxylation sites is 1. The van der Waals surface area contributed by atoms with E-state index in [0.717, 1.165) is 29.7 Å². The van der Waals surface area contributed by atoms with Gasteiger partial charge in [0, 0.05) is 12.2 Å². The molecule has 0 saturated heterocycles. The number of esters is 2. The van der Waals surface area contributed by atoms with Gasteiger partial charge in [0.05, 0.1) is 12.3 Å². The summed E-state index contributed by atoms with van der Waals surface area (Å²) >= 11 is 0. The lowest BCUT2D eigenvalue weighted by atomic mass is 9.95. The maximum atomic E-state index is 12.9. The van der Waals surface area contributed by atoms with E-state index in [0.29, 0.717) is 13.0 Å². The molecule has 0 aromatic heterocycles. The summed E-state index contributed by atoms with van der Waals surface area (Å²) in [5.74, 6) is -2.71. The highest BCUT2D eigenvalue weighted by atomic mass is 16.6. The molecule has 36 heavy (non-hydrogen) atoms. The summed E-state index contributed by atoms with van der Waals surface area (Å²) in [4.78, 5) is 51.8. The van der Waals surface area contributed by atoms with Crippen LogP contribution in [0.25, 0.3) is 0 Å². The van der Waals surface area contributed by atoms with Crippen LogP contribution in [0.4, 0.5) is 5.69 Å². The fourth-order valence-electron chi connectivity index (χ4n) is 4.11. The van der Waals surface area contributed by atoms with Gasteiger partial charge in [0.25, 0.3) is 5.91 Å². The molecule has 1 N–H and O–H groups in total. The van der Waals surface area contributed by atoms with Crippen molar-refractivity contribution in [2.45, 2.75) is 52.1 Å². The zero-order chi connectivity index (χ0) is 26.1. The molecule has 0 fully saturated rings. The van der Waals surface area contributed by atoms with E-state index >= 15 is 0 Å². The average molecular weight is 495 g/mol. The van der Waals surface area contributed by atoms with Crippen LogP contribution in [0.2, 0.25) is 0 Å². The van der Waals surface area contributed by atoms with Gasteiger partial charge in [0.2, 0.25) is 5.91 Å². The SMILES string of the molecule is CC(C)(C)OC(=O)C[C@@H](Cc1ccccc1)C(=O)NCC(=O)OCC(=O)N1CCCc2ccccc21. The maximum absolute atomic E-state index is 12.9. The molecular formula is C28H34N2O6. The van der Waals surface area contributed by atoms with E-state index in [4.69, 9.17) is 9.47 Å². The highest BCUT2D eigenvalue weighted by Crippen LogP contribution is 2.26. The highest BCUT2D eigenvalue weighted by molar-refractivity contribution is 5.96. The van der Waals surface area contributed by atoms with Crippen LogP contribution in [0.15, 0.2) is 54.6 Å². The first-order chi connectivity index (χ1) is 17.1. The van der Waals surface area contributed by atoms with E-state index < -0.39 is 42.5 Å². The van der Waals surface area contributed by atoms with Gasteiger partial charge in [-0.3, -0.25) is 19.2 Å². The third kappa shape index (κ3) is 8.22. The third-order valence-corrected chi connectivity index (χ3v) is 5.70. The van der Waals surface area contributed by atoms with E-state index in [1.165, 1.54) is 0 Å². The van der Waals surface area contributed by atoms with Gasteiger partial charge in [0.15, 0.2) is 6.61 Å². The zero-order valence-corrected chi connectivity index (χ0v) is 21.1. The van der Waals surface area contributed by atoms with Crippen molar-refractivity contribution in [2.75, 3.05) is 24.6 Å². The fraction of sp³-hybridized carbons (Fsp3) is 0.429. The first-order valence-electron chi connectivity index (χ1n) is 12.2. The Labute approximate surface area is 212 Å². The predicted octanol–water partition coefficient (Wildman–Crippen LogP) is 3.22. The number of hydrogen-bond acceptors (Lipinski definition) is 6. The van der Waals surface area contributed by atoms with Crippen LogP contribution in [-0.4, -0.2) is 49.1 Å². The van der Waals surface area contributed by atoms with Crippen molar-refractivity contribution in [3.05, 3.63) is 65.7 Å². The molecule has 2 aromatic carbocycles. The lowest BCUT2D eigenvalue weighted by molar-refractivity contribution is -0.157. The summed E-state index contributed by atoms with van der Waals surface area (Å²) in [5, 5.41) is 2.54. The number of anilines is 1. The molecule has 192 valence electrons. The smallest absolute Gasteiger partial charge is 0.325 e. The number of carbonyl (C=O) groups is 4. The second-order valence-electron chi connectivity index (χ2n) is 9.83. The van der Waals surface area contributed by atoms with Gasteiger partial charge in [-0.25, -0.2) is 0 Å². The van der Waals surface area contributed by atoms with Crippen LogP contribution < -0.4 is 10.2 Å². The minimum atomic E-state index is -0.724. The molecule has 0 radical (unpaired) electrons. The number of amides is 2. The van der Waals surface area contributed by atoms with Crippen LogP contribution in [0.1, 0.15) is 44.7 Å². The minimum Gasteiger partial charge on any atom is -0.460 e. The van der Waals surface area contributed by atoms with E-state index in [1.807, 2.05) is 54.6 Å². The highest BCUT2D eigenvalue weighted by Gasteiger charge is 2.27. The van der Waals surface area contributed by atoms with Crippen molar-refractivity contribution >= 4 is 29.4 Å². The summed E-state index contributed by atoms with van der Waals surface area (Å²) in [5.41, 5.74) is 2.14. The molecule has 0 unspecified atom stereocenters. The molecule has 3 rings (SSSR count). The number of carbonyl (C=O) groups excluding carboxylic acids is 4. The van der Waals surface area contributed by atoms with Crippen LogP contribution >= 0.6 is 0 Å². The Morgan fingerprint density at radius 3 is 2.39 bits per heavy atom. The van der Waals surface area contributed by atoms with Crippen molar-refractivity contribution < 1.29 is 28.7 Å². The molecule has 1 aliphatic rings. The normalized spacial score (nSPS) is 13.8. The summed E-state index contributed by atoms with van der Waals surface area (Å²) < 4.78 is 10.5. The first kappa shape index (κ1) is 26.9. The molecule has 0 aliphatic carbocycles. The van der Waals surface area contributed by atoms with Crippen molar-refractivity contribution in [2.24, 2.45) is 5.92 Å². The molecule has 2 aromatic rings. The number of hydrogen-bond donors (Lipinski definition) is 1. The standard InChI is InChI=1S/C28H34N2O6/c1-28(2,3)36-25(32)17-22(16-20-10-5-4-6-11-20)27(34)29-18-26(33)35-19-24(31)30-15-9-13-21-12-7-8-14-23(21)30/h4-8,10-12,14,22H,9,13,15-19H2,1-3H3,(H,29,34)/t22-/m1/s1. The van der Waals surface area contributed by atoms with E-state index in [1.54, 1.807) is 25.7 Å². The molecule has 1 aliphatic heterocycles.